The molecule has 3 atom stereocenters. The normalized spacial score (nSPS) is 21.1. The molecule has 41 heavy (non-hydrogen) atoms. The van der Waals surface area contributed by atoms with Gasteiger partial charge < -0.3 is 29.4 Å². The van der Waals surface area contributed by atoms with Crippen molar-refractivity contribution in [2.24, 2.45) is 13.0 Å². The number of hydrogen-bond donors (Lipinski definition) is 2. The monoisotopic (exact) mass is 592 g/mol. The number of nitrogens with one attached hydrogen (secondary N) is 1. The van der Waals surface area contributed by atoms with Gasteiger partial charge in [0, 0.05) is 64.5 Å². The van der Waals surface area contributed by atoms with Gasteiger partial charge in [0.15, 0.2) is 5.03 Å². The number of imidazole rings is 1. The van der Waals surface area contributed by atoms with Crippen molar-refractivity contribution in [2.75, 3.05) is 64.9 Å². The summed E-state index contributed by atoms with van der Waals surface area (Å²) in [5.41, 5.74) is 0.674. The lowest BCUT2D eigenvalue weighted by atomic mass is 9.99. The zero-order chi connectivity index (χ0) is 29.7. The van der Waals surface area contributed by atoms with E-state index in [-0.39, 0.29) is 53.8 Å². The molecule has 1 saturated heterocycles. The standard InChI is InChI=1S/C27H40N6O7S/c1-19-14-33(20(2)17-34)27(36)22-13-21(29-25(35)7-8-32-9-11-39-12-10-32)5-6-23(22)40-24(19)15-31(4)41(37,38)26-16-30(3)18-28-26/h5-6,13,16,18-20,24,34H,7-12,14-15,17H2,1-4H3,(H,29,35)/t19-,20-,24+/m0/s1. The van der Waals surface area contributed by atoms with E-state index in [2.05, 4.69) is 15.2 Å². The molecule has 1 fully saturated rings. The van der Waals surface area contributed by atoms with E-state index < -0.39 is 22.2 Å². The molecule has 2 aliphatic rings. The Morgan fingerprint density at radius 2 is 2.02 bits per heavy atom. The predicted octanol–water partition coefficient (Wildman–Crippen LogP) is 0.622. The topological polar surface area (TPSA) is 147 Å². The number of aromatic nitrogens is 2. The molecule has 226 valence electrons. The lowest BCUT2D eigenvalue weighted by Crippen LogP contribution is -2.50. The molecular formula is C27H40N6O7S. The Labute approximate surface area is 241 Å². The van der Waals surface area contributed by atoms with Crippen LogP contribution in [0.3, 0.4) is 0 Å². The average Bonchev–Trinajstić information content (AvgIpc) is 3.41. The number of aliphatic hydroxyl groups is 1. The number of fused-ring (bicyclic) bond motifs is 1. The second-order valence-electron chi connectivity index (χ2n) is 10.7. The van der Waals surface area contributed by atoms with E-state index in [1.54, 1.807) is 41.6 Å². The van der Waals surface area contributed by atoms with Gasteiger partial charge in [-0.05, 0) is 25.1 Å². The molecule has 0 unspecified atom stereocenters. The molecule has 4 rings (SSSR count). The van der Waals surface area contributed by atoms with E-state index in [0.29, 0.717) is 31.9 Å². The van der Waals surface area contributed by atoms with Crippen LogP contribution in [0, 0.1) is 5.92 Å². The fraction of sp³-hybridized carbons (Fsp3) is 0.593. The molecule has 13 nitrogen and oxygen atoms in total. The van der Waals surface area contributed by atoms with Crippen LogP contribution in [0.15, 0.2) is 35.7 Å². The highest BCUT2D eigenvalue weighted by Gasteiger charge is 2.35. The first-order chi connectivity index (χ1) is 19.5. The van der Waals surface area contributed by atoms with Gasteiger partial charge in [0.2, 0.25) is 5.91 Å². The van der Waals surface area contributed by atoms with Crippen molar-refractivity contribution in [1.82, 2.24) is 23.7 Å². The van der Waals surface area contributed by atoms with Crippen LogP contribution in [0.5, 0.6) is 5.75 Å². The number of aryl methyl sites for hydroxylation is 1. The third-order valence-corrected chi connectivity index (χ3v) is 9.21. The van der Waals surface area contributed by atoms with E-state index >= 15 is 0 Å². The van der Waals surface area contributed by atoms with E-state index in [0.717, 1.165) is 13.1 Å². The highest BCUT2D eigenvalue weighted by Crippen LogP contribution is 2.31. The SMILES string of the molecule is C[C@H]1CN([C@@H](C)CO)C(=O)c2cc(NC(=O)CCN3CCOCC3)ccc2O[C@@H]1CN(C)S(=O)(=O)c1cn(C)cn1. The molecule has 2 aliphatic heterocycles. The Hall–Kier alpha value is -3.04. The molecule has 3 heterocycles. The van der Waals surface area contributed by atoms with Crippen LogP contribution >= 0.6 is 0 Å². The van der Waals surface area contributed by atoms with Crippen LogP contribution in [-0.2, 0) is 26.6 Å². The maximum atomic E-state index is 13.7. The number of aliphatic hydroxyl groups excluding tert-OH is 1. The Kier molecular flexibility index (Phi) is 10.0. The molecule has 2 amide bonds. The highest BCUT2D eigenvalue weighted by molar-refractivity contribution is 7.89. The van der Waals surface area contributed by atoms with Crippen molar-refractivity contribution >= 4 is 27.5 Å². The summed E-state index contributed by atoms with van der Waals surface area (Å²) in [6.45, 7) is 7.12. The number of sulfonamides is 1. The summed E-state index contributed by atoms with van der Waals surface area (Å²) in [6, 6.07) is 4.36. The molecular weight excluding hydrogens is 552 g/mol. The number of amides is 2. The van der Waals surface area contributed by atoms with Gasteiger partial charge in [-0.2, -0.15) is 4.31 Å². The Balaban J connectivity index is 1.55. The van der Waals surface area contributed by atoms with Crippen LogP contribution in [0.25, 0.3) is 0 Å². The number of hydrogen-bond acceptors (Lipinski definition) is 9. The van der Waals surface area contributed by atoms with Crippen LogP contribution in [0.1, 0.15) is 30.6 Å². The van der Waals surface area contributed by atoms with Crippen molar-refractivity contribution in [1.29, 1.82) is 0 Å². The van der Waals surface area contributed by atoms with Gasteiger partial charge in [0.1, 0.15) is 11.9 Å². The zero-order valence-electron chi connectivity index (χ0n) is 24.0. The lowest BCUT2D eigenvalue weighted by molar-refractivity contribution is -0.116. The van der Waals surface area contributed by atoms with Crippen molar-refractivity contribution in [2.45, 2.75) is 37.4 Å². The molecule has 1 aromatic heterocycles. The van der Waals surface area contributed by atoms with Crippen LogP contribution in [-0.4, -0.2) is 121 Å². The van der Waals surface area contributed by atoms with E-state index in [4.69, 9.17) is 9.47 Å². The van der Waals surface area contributed by atoms with Gasteiger partial charge >= 0.3 is 0 Å². The Bertz CT molecular complexity index is 1330. The molecule has 0 saturated carbocycles. The first-order valence-electron chi connectivity index (χ1n) is 13.8. The van der Waals surface area contributed by atoms with Crippen molar-refractivity contribution in [3.63, 3.8) is 0 Å². The fourth-order valence-corrected chi connectivity index (χ4v) is 6.00. The third kappa shape index (κ3) is 7.43. The van der Waals surface area contributed by atoms with Gasteiger partial charge in [0.05, 0.1) is 44.3 Å². The van der Waals surface area contributed by atoms with Crippen LogP contribution < -0.4 is 10.1 Å². The number of benzene rings is 1. The second-order valence-corrected chi connectivity index (χ2v) is 12.7. The first-order valence-corrected chi connectivity index (χ1v) is 15.2. The zero-order valence-corrected chi connectivity index (χ0v) is 24.8. The number of morpholine rings is 1. The summed E-state index contributed by atoms with van der Waals surface area (Å²) in [7, 11) is -0.717. The quantitative estimate of drug-likeness (QED) is 0.405. The van der Waals surface area contributed by atoms with Crippen LogP contribution in [0.4, 0.5) is 5.69 Å². The summed E-state index contributed by atoms with van der Waals surface area (Å²) >= 11 is 0. The number of carbonyl (C=O) groups excluding carboxylic acids is 2. The minimum atomic E-state index is -3.88. The maximum Gasteiger partial charge on any atom is 0.261 e. The number of rotatable bonds is 10. The number of likely N-dealkylation sites (N-methyl/N-ethyl adjacent to an activating group) is 1. The second kappa shape index (κ2) is 13.3. The Morgan fingerprint density at radius 1 is 1.29 bits per heavy atom. The summed E-state index contributed by atoms with van der Waals surface area (Å²) < 4.78 is 40.7. The molecule has 0 radical (unpaired) electrons. The van der Waals surface area contributed by atoms with E-state index in [1.807, 2.05) is 6.92 Å². The van der Waals surface area contributed by atoms with Crippen LogP contribution in [0.2, 0.25) is 0 Å². The van der Waals surface area contributed by atoms with Gasteiger partial charge in [-0.15, -0.1) is 0 Å². The minimum Gasteiger partial charge on any atom is -0.488 e. The largest absolute Gasteiger partial charge is 0.488 e. The minimum absolute atomic E-state index is 0.00901. The first kappa shape index (κ1) is 30.9. The smallest absolute Gasteiger partial charge is 0.261 e. The summed E-state index contributed by atoms with van der Waals surface area (Å²) in [6.07, 6.45) is 2.54. The molecule has 14 heteroatoms. The number of anilines is 1. The third-order valence-electron chi connectivity index (χ3n) is 7.50. The van der Waals surface area contributed by atoms with Gasteiger partial charge in [-0.3, -0.25) is 14.5 Å². The molecule has 2 aromatic rings. The molecule has 0 bridgehead atoms. The van der Waals surface area contributed by atoms with Gasteiger partial charge in [0.25, 0.3) is 15.9 Å². The molecule has 2 N–H and O–H groups in total. The molecule has 0 aliphatic carbocycles. The number of ether oxygens (including phenoxy) is 2. The predicted molar refractivity (Wildman–Crippen MR) is 151 cm³/mol. The average molecular weight is 593 g/mol. The molecule has 0 spiro atoms. The summed E-state index contributed by atoms with van der Waals surface area (Å²) in [4.78, 5) is 34.1. The summed E-state index contributed by atoms with van der Waals surface area (Å²) in [5.74, 6) is -0.520. The van der Waals surface area contributed by atoms with Crippen molar-refractivity contribution in [3.05, 3.63) is 36.3 Å². The maximum absolute atomic E-state index is 13.7. The highest BCUT2D eigenvalue weighted by atomic mass is 32.2. The number of nitrogens with zero attached hydrogens (tertiary/aromatic N) is 5. The van der Waals surface area contributed by atoms with E-state index in [1.165, 1.54) is 23.9 Å². The number of carbonyl (C=O) groups is 2. The fourth-order valence-electron chi connectivity index (χ4n) is 4.86. The summed E-state index contributed by atoms with van der Waals surface area (Å²) in [5, 5.41) is 12.7. The van der Waals surface area contributed by atoms with Crippen molar-refractivity contribution in [3.8, 4) is 5.75 Å². The van der Waals surface area contributed by atoms with Gasteiger partial charge in [-0.25, -0.2) is 13.4 Å². The van der Waals surface area contributed by atoms with Crippen molar-refractivity contribution < 1.29 is 32.6 Å². The Morgan fingerprint density at radius 3 is 2.68 bits per heavy atom. The van der Waals surface area contributed by atoms with E-state index in [9.17, 15) is 23.1 Å². The van der Waals surface area contributed by atoms with Gasteiger partial charge in [-0.1, -0.05) is 6.92 Å². The molecule has 1 aromatic carbocycles. The lowest BCUT2D eigenvalue weighted by Gasteiger charge is -2.38.